The molecule has 0 rings (SSSR count). The van der Waals surface area contributed by atoms with Gasteiger partial charge >= 0.3 is 0 Å². The Hall–Kier alpha value is -0.240. The van der Waals surface area contributed by atoms with Crippen molar-refractivity contribution < 1.29 is 15.0 Å². The number of rotatable bonds is 6. The second-order valence-electron chi connectivity index (χ2n) is 2.43. The van der Waals surface area contributed by atoms with Gasteiger partial charge in [-0.25, -0.2) is 5.23 Å². The van der Waals surface area contributed by atoms with E-state index in [0.717, 1.165) is 6.42 Å². The molecular formula is C6H15N2O4-. The summed E-state index contributed by atoms with van der Waals surface area (Å²) in [7, 11) is 1.18. The van der Waals surface area contributed by atoms with Crippen LogP contribution in [0.1, 0.15) is 26.7 Å². The van der Waals surface area contributed by atoms with Crippen molar-refractivity contribution in [1.82, 2.24) is 10.6 Å². The van der Waals surface area contributed by atoms with Gasteiger partial charge in [0.25, 0.3) is 0 Å². The van der Waals surface area contributed by atoms with E-state index in [-0.39, 0.29) is 16.7 Å². The SMILES string of the molecule is CCC[C@@H](C)N([O-])ON(O)OC. The maximum atomic E-state index is 10.9. The largest absolute Gasteiger partial charge is 0.760 e. The maximum absolute atomic E-state index is 10.9. The Labute approximate surface area is 71.7 Å². The molecule has 0 aliphatic carbocycles. The minimum atomic E-state index is -0.306. The van der Waals surface area contributed by atoms with E-state index in [2.05, 4.69) is 9.78 Å². The van der Waals surface area contributed by atoms with Gasteiger partial charge < -0.3 is 5.21 Å². The molecular weight excluding hydrogens is 164 g/mol. The van der Waals surface area contributed by atoms with Gasteiger partial charge in [0.15, 0.2) is 0 Å². The predicted octanol–water partition coefficient (Wildman–Crippen LogP) is 1.07. The van der Waals surface area contributed by atoms with Crippen molar-refractivity contribution >= 4 is 0 Å². The second-order valence-corrected chi connectivity index (χ2v) is 2.43. The van der Waals surface area contributed by atoms with Crippen molar-refractivity contribution in [1.29, 1.82) is 0 Å². The first-order valence-corrected chi connectivity index (χ1v) is 3.79. The van der Waals surface area contributed by atoms with Gasteiger partial charge in [-0.2, -0.15) is 4.94 Å². The van der Waals surface area contributed by atoms with E-state index in [9.17, 15) is 5.21 Å². The first-order valence-electron chi connectivity index (χ1n) is 3.79. The Bertz CT molecular complexity index is 114. The highest BCUT2D eigenvalue weighted by atomic mass is 17.2. The molecule has 0 saturated carbocycles. The van der Waals surface area contributed by atoms with Gasteiger partial charge in [0, 0.05) is 6.04 Å². The fourth-order valence-electron chi connectivity index (χ4n) is 0.706. The zero-order valence-electron chi connectivity index (χ0n) is 7.56. The molecule has 0 radical (unpaired) electrons. The number of hydrogen-bond donors (Lipinski definition) is 1. The van der Waals surface area contributed by atoms with Crippen molar-refractivity contribution in [2.75, 3.05) is 7.11 Å². The molecule has 0 aromatic carbocycles. The fourth-order valence-corrected chi connectivity index (χ4v) is 0.706. The molecule has 6 heteroatoms. The standard InChI is InChI=1S/C6H15N2O4/c1-4-5-6(2)7(9)12-8(10)11-3/h6,10H,4-5H2,1-3H3/q-1/t6-/m1/s1. The van der Waals surface area contributed by atoms with Crippen LogP contribution in [-0.2, 0) is 9.78 Å². The number of hydroxylamine groups is 2. The summed E-state index contributed by atoms with van der Waals surface area (Å²) in [4.78, 5) is 8.43. The highest BCUT2D eigenvalue weighted by molar-refractivity contribution is 4.57. The van der Waals surface area contributed by atoms with Gasteiger partial charge in [-0.15, -0.1) is 0 Å². The van der Waals surface area contributed by atoms with Crippen LogP contribution in [-0.4, -0.2) is 29.0 Å². The molecule has 12 heavy (non-hydrogen) atoms. The van der Waals surface area contributed by atoms with Gasteiger partial charge in [0.05, 0.1) is 12.5 Å². The minimum absolute atomic E-state index is 0.0131. The van der Waals surface area contributed by atoms with E-state index < -0.39 is 0 Å². The molecule has 0 bridgehead atoms. The van der Waals surface area contributed by atoms with E-state index in [4.69, 9.17) is 5.21 Å². The summed E-state index contributed by atoms with van der Waals surface area (Å²) >= 11 is 0. The predicted molar refractivity (Wildman–Crippen MR) is 41.3 cm³/mol. The molecule has 0 aliphatic rings. The normalized spacial score (nSPS) is 14.2. The molecule has 0 heterocycles. The van der Waals surface area contributed by atoms with Crippen molar-refractivity contribution in [3.63, 3.8) is 0 Å². The number of hydrogen-bond acceptors (Lipinski definition) is 6. The average Bonchev–Trinajstić information content (AvgIpc) is 2.04. The van der Waals surface area contributed by atoms with Crippen LogP contribution in [0.4, 0.5) is 0 Å². The Morgan fingerprint density at radius 2 is 2.17 bits per heavy atom. The van der Waals surface area contributed by atoms with Crippen LogP contribution in [0.3, 0.4) is 0 Å². The van der Waals surface area contributed by atoms with Crippen molar-refractivity contribution in [2.45, 2.75) is 32.7 Å². The molecule has 0 aromatic rings. The molecule has 0 spiro atoms. The van der Waals surface area contributed by atoms with Gasteiger partial charge in [0.1, 0.15) is 0 Å². The highest BCUT2D eigenvalue weighted by Crippen LogP contribution is 2.05. The average molecular weight is 179 g/mol. The summed E-state index contributed by atoms with van der Waals surface area (Å²) in [5.74, 6) is 0. The Morgan fingerprint density at radius 1 is 1.58 bits per heavy atom. The first-order chi connectivity index (χ1) is 5.61. The number of nitrogens with zero attached hydrogens (tertiary/aromatic N) is 2. The van der Waals surface area contributed by atoms with Gasteiger partial charge in [0.2, 0.25) is 0 Å². The summed E-state index contributed by atoms with van der Waals surface area (Å²) in [5.41, 5.74) is 0. The van der Waals surface area contributed by atoms with Crippen molar-refractivity contribution in [3.05, 3.63) is 5.21 Å². The maximum Gasteiger partial charge on any atom is 0.0910 e. The van der Waals surface area contributed by atoms with E-state index in [1.807, 2.05) is 6.92 Å². The molecule has 0 aliphatic heterocycles. The van der Waals surface area contributed by atoms with E-state index >= 15 is 0 Å². The smallest absolute Gasteiger partial charge is 0.0910 e. The molecule has 1 N–H and O–H groups in total. The van der Waals surface area contributed by atoms with Gasteiger partial charge in [-0.05, 0) is 13.3 Å². The monoisotopic (exact) mass is 179 g/mol. The van der Waals surface area contributed by atoms with Gasteiger partial charge in [-0.1, -0.05) is 13.3 Å². The van der Waals surface area contributed by atoms with Gasteiger partial charge in [-0.3, -0.25) is 10.0 Å². The third-order valence-corrected chi connectivity index (χ3v) is 1.37. The Balaban J connectivity index is 3.62. The summed E-state index contributed by atoms with van der Waals surface area (Å²) < 4.78 is 0. The third-order valence-electron chi connectivity index (χ3n) is 1.37. The first kappa shape index (κ1) is 11.8. The van der Waals surface area contributed by atoms with Crippen LogP contribution < -0.4 is 0 Å². The summed E-state index contributed by atoms with van der Waals surface area (Å²) in [6, 6.07) is -0.306. The lowest BCUT2D eigenvalue weighted by Crippen LogP contribution is -2.34. The van der Waals surface area contributed by atoms with E-state index in [1.54, 1.807) is 6.92 Å². The Morgan fingerprint density at radius 3 is 2.58 bits per heavy atom. The van der Waals surface area contributed by atoms with Crippen molar-refractivity contribution in [3.8, 4) is 0 Å². The summed E-state index contributed by atoms with van der Waals surface area (Å²) in [6.07, 6.45) is 1.57. The lowest BCUT2D eigenvalue weighted by molar-refractivity contribution is -0.558. The molecule has 0 aromatic heterocycles. The fraction of sp³-hybridized carbons (Fsp3) is 1.00. The molecule has 0 saturated heterocycles. The van der Waals surface area contributed by atoms with E-state index in [0.29, 0.717) is 6.42 Å². The molecule has 0 unspecified atom stereocenters. The topological polar surface area (TPSA) is 68.2 Å². The lowest BCUT2D eigenvalue weighted by Gasteiger charge is -2.33. The molecule has 0 amide bonds. The lowest BCUT2D eigenvalue weighted by atomic mass is 10.2. The van der Waals surface area contributed by atoms with Crippen LogP contribution in [0.5, 0.6) is 0 Å². The van der Waals surface area contributed by atoms with Crippen molar-refractivity contribution in [2.24, 2.45) is 0 Å². The summed E-state index contributed by atoms with van der Waals surface area (Å²) in [6.45, 7) is 3.65. The molecule has 0 fully saturated rings. The summed E-state index contributed by atoms with van der Waals surface area (Å²) in [5, 5.41) is 19.8. The Kier molecular flexibility index (Phi) is 6.17. The van der Waals surface area contributed by atoms with E-state index in [1.165, 1.54) is 7.11 Å². The zero-order valence-corrected chi connectivity index (χ0v) is 7.56. The molecule has 6 nitrogen and oxygen atoms in total. The van der Waals surface area contributed by atoms with Crippen LogP contribution in [0.2, 0.25) is 0 Å². The quantitative estimate of drug-likeness (QED) is 0.615. The third kappa shape index (κ3) is 4.60. The molecule has 74 valence electrons. The highest BCUT2D eigenvalue weighted by Gasteiger charge is 2.07. The minimum Gasteiger partial charge on any atom is -0.760 e. The van der Waals surface area contributed by atoms with Crippen LogP contribution >= 0.6 is 0 Å². The molecule has 1 atom stereocenters. The van der Waals surface area contributed by atoms with Crippen LogP contribution in [0.25, 0.3) is 0 Å². The van der Waals surface area contributed by atoms with Crippen LogP contribution in [0.15, 0.2) is 0 Å². The zero-order chi connectivity index (χ0) is 9.56. The van der Waals surface area contributed by atoms with Crippen LogP contribution in [0, 0.1) is 5.21 Å². The second kappa shape index (κ2) is 6.30.